The van der Waals surface area contributed by atoms with Gasteiger partial charge in [0.05, 0.1) is 5.92 Å². The highest BCUT2D eigenvalue weighted by Gasteiger charge is 2.31. The van der Waals surface area contributed by atoms with Crippen molar-refractivity contribution >= 4 is 5.97 Å². The van der Waals surface area contributed by atoms with Crippen molar-refractivity contribution in [2.45, 2.75) is 45.1 Å². The molecule has 110 valence electrons. The first kappa shape index (κ1) is 13.5. The van der Waals surface area contributed by atoms with Crippen LogP contribution in [0.2, 0.25) is 0 Å². The summed E-state index contributed by atoms with van der Waals surface area (Å²) in [5.74, 6) is 1.43. The van der Waals surface area contributed by atoms with Gasteiger partial charge in [0.2, 0.25) is 0 Å². The minimum absolute atomic E-state index is 0.290. The molecular formula is C14H22N4O2. The van der Waals surface area contributed by atoms with Gasteiger partial charge in [0.25, 0.3) is 0 Å². The fraction of sp³-hybridized carbons (Fsp3) is 0.786. The van der Waals surface area contributed by atoms with Crippen molar-refractivity contribution in [1.29, 1.82) is 0 Å². The first-order chi connectivity index (χ1) is 9.69. The number of hydrogen-bond donors (Lipinski definition) is 1. The number of aromatic nitrogens is 3. The number of nitrogens with zero attached hydrogens (tertiary/aromatic N) is 4. The molecule has 0 spiro atoms. The van der Waals surface area contributed by atoms with Crippen LogP contribution < -0.4 is 0 Å². The van der Waals surface area contributed by atoms with Crippen LogP contribution in [0.3, 0.4) is 0 Å². The Bertz CT molecular complexity index is 491. The molecule has 2 aliphatic heterocycles. The van der Waals surface area contributed by atoms with Crippen molar-refractivity contribution in [2.24, 2.45) is 5.92 Å². The number of aliphatic carboxylic acids is 1. The molecule has 1 atom stereocenters. The molecule has 0 amide bonds. The van der Waals surface area contributed by atoms with Crippen molar-refractivity contribution in [2.75, 3.05) is 19.6 Å². The van der Waals surface area contributed by atoms with Gasteiger partial charge in [-0.2, -0.15) is 0 Å². The van der Waals surface area contributed by atoms with Gasteiger partial charge in [0, 0.05) is 18.9 Å². The van der Waals surface area contributed by atoms with Gasteiger partial charge in [0.15, 0.2) is 0 Å². The van der Waals surface area contributed by atoms with Gasteiger partial charge in [-0.1, -0.05) is 6.92 Å². The normalized spacial score (nSPS) is 24.6. The molecule has 0 saturated carbocycles. The maximum absolute atomic E-state index is 11.1. The second kappa shape index (κ2) is 5.52. The Hall–Kier alpha value is -1.43. The average molecular weight is 278 g/mol. The molecule has 1 N–H and O–H groups in total. The highest BCUT2D eigenvalue weighted by atomic mass is 16.4. The molecule has 20 heavy (non-hydrogen) atoms. The van der Waals surface area contributed by atoms with Crippen LogP contribution in [0.4, 0.5) is 0 Å². The second-order valence-corrected chi connectivity index (χ2v) is 5.86. The Morgan fingerprint density at radius 2 is 2.00 bits per heavy atom. The summed E-state index contributed by atoms with van der Waals surface area (Å²) in [6.45, 7) is 6.32. The van der Waals surface area contributed by atoms with Crippen molar-refractivity contribution in [3.63, 3.8) is 0 Å². The van der Waals surface area contributed by atoms with Gasteiger partial charge in [-0.3, -0.25) is 4.79 Å². The number of rotatable bonds is 3. The summed E-state index contributed by atoms with van der Waals surface area (Å²) in [5.41, 5.74) is 0. The van der Waals surface area contributed by atoms with E-state index >= 15 is 0 Å². The Kier molecular flexibility index (Phi) is 3.74. The van der Waals surface area contributed by atoms with Gasteiger partial charge in [-0.15, -0.1) is 10.2 Å². The number of fused-ring (bicyclic) bond motifs is 1. The zero-order valence-electron chi connectivity index (χ0n) is 12.0. The molecule has 0 aliphatic carbocycles. The standard InChI is InChI=1S/C14H22N4O2/c1-2-17-6-3-10(4-7-17)13-16-15-12-9-11(14(19)20)5-8-18(12)13/h10-11H,2-9H2,1H3,(H,19,20). The molecule has 0 radical (unpaired) electrons. The zero-order valence-corrected chi connectivity index (χ0v) is 12.0. The summed E-state index contributed by atoms with van der Waals surface area (Å²) in [7, 11) is 0. The summed E-state index contributed by atoms with van der Waals surface area (Å²) < 4.78 is 2.17. The fourth-order valence-electron chi connectivity index (χ4n) is 3.37. The summed E-state index contributed by atoms with van der Waals surface area (Å²) >= 11 is 0. The molecule has 1 unspecified atom stereocenters. The first-order valence-electron chi connectivity index (χ1n) is 7.56. The molecule has 6 heteroatoms. The molecule has 3 rings (SSSR count). The van der Waals surface area contributed by atoms with Crippen LogP contribution in [0, 0.1) is 5.92 Å². The van der Waals surface area contributed by atoms with Crippen molar-refractivity contribution in [3.05, 3.63) is 11.6 Å². The van der Waals surface area contributed by atoms with Crippen LogP contribution in [0.25, 0.3) is 0 Å². The zero-order chi connectivity index (χ0) is 14.1. The van der Waals surface area contributed by atoms with Gasteiger partial charge in [0.1, 0.15) is 11.6 Å². The molecule has 3 heterocycles. The van der Waals surface area contributed by atoms with Crippen molar-refractivity contribution in [1.82, 2.24) is 19.7 Å². The maximum atomic E-state index is 11.1. The number of piperidine rings is 1. The van der Waals surface area contributed by atoms with E-state index in [-0.39, 0.29) is 5.92 Å². The van der Waals surface area contributed by atoms with Crippen LogP contribution in [-0.2, 0) is 17.8 Å². The van der Waals surface area contributed by atoms with E-state index in [2.05, 4.69) is 26.6 Å². The van der Waals surface area contributed by atoms with Gasteiger partial charge in [-0.25, -0.2) is 0 Å². The predicted molar refractivity (Wildman–Crippen MR) is 73.6 cm³/mol. The highest BCUT2D eigenvalue weighted by Crippen LogP contribution is 2.30. The SMILES string of the molecule is CCN1CCC(c2nnc3n2CCC(C(=O)O)C3)CC1. The molecule has 1 fully saturated rings. The number of carboxylic acid groups (broad SMARTS) is 1. The van der Waals surface area contributed by atoms with E-state index in [0.29, 0.717) is 18.8 Å². The lowest BCUT2D eigenvalue weighted by Gasteiger charge is -2.31. The van der Waals surface area contributed by atoms with E-state index in [0.717, 1.165) is 50.7 Å². The van der Waals surface area contributed by atoms with Crippen LogP contribution in [0.1, 0.15) is 43.8 Å². The lowest BCUT2D eigenvalue weighted by Crippen LogP contribution is -2.34. The second-order valence-electron chi connectivity index (χ2n) is 5.86. The smallest absolute Gasteiger partial charge is 0.307 e. The number of hydrogen-bond acceptors (Lipinski definition) is 4. The summed E-state index contributed by atoms with van der Waals surface area (Å²) in [6, 6.07) is 0. The monoisotopic (exact) mass is 278 g/mol. The van der Waals surface area contributed by atoms with Gasteiger partial charge in [-0.05, 0) is 38.9 Å². The van der Waals surface area contributed by atoms with Crippen molar-refractivity contribution in [3.8, 4) is 0 Å². The van der Waals surface area contributed by atoms with E-state index in [1.807, 2.05) is 0 Å². The third-order valence-electron chi connectivity index (χ3n) is 4.74. The topological polar surface area (TPSA) is 71.2 Å². The molecule has 6 nitrogen and oxygen atoms in total. The molecule has 1 aromatic rings. The van der Waals surface area contributed by atoms with E-state index in [9.17, 15) is 4.79 Å². The largest absolute Gasteiger partial charge is 0.481 e. The van der Waals surface area contributed by atoms with Crippen LogP contribution in [0.15, 0.2) is 0 Å². The number of likely N-dealkylation sites (tertiary alicyclic amines) is 1. The minimum Gasteiger partial charge on any atom is -0.481 e. The highest BCUT2D eigenvalue weighted by molar-refractivity contribution is 5.70. The Labute approximate surface area is 118 Å². The maximum Gasteiger partial charge on any atom is 0.307 e. The molecule has 0 aromatic carbocycles. The minimum atomic E-state index is -0.711. The summed E-state index contributed by atoms with van der Waals surface area (Å²) in [6.07, 6.45) is 3.49. The Morgan fingerprint density at radius 3 is 2.65 bits per heavy atom. The summed E-state index contributed by atoms with van der Waals surface area (Å²) in [4.78, 5) is 13.5. The van der Waals surface area contributed by atoms with E-state index in [4.69, 9.17) is 5.11 Å². The third-order valence-corrected chi connectivity index (χ3v) is 4.74. The lowest BCUT2D eigenvalue weighted by atomic mass is 9.94. The lowest BCUT2D eigenvalue weighted by molar-refractivity contribution is -0.142. The molecule has 1 saturated heterocycles. The van der Waals surface area contributed by atoms with Crippen LogP contribution >= 0.6 is 0 Å². The Balaban J connectivity index is 1.72. The van der Waals surface area contributed by atoms with E-state index < -0.39 is 5.97 Å². The molecule has 2 aliphatic rings. The number of carboxylic acids is 1. The fourth-order valence-corrected chi connectivity index (χ4v) is 3.37. The van der Waals surface area contributed by atoms with Gasteiger partial charge < -0.3 is 14.6 Å². The van der Waals surface area contributed by atoms with E-state index in [1.165, 1.54) is 0 Å². The van der Waals surface area contributed by atoms with Gasteiger partial charge >= 0.3 is 5.97 Å². The summed E-state index contributed by atoms with van der Waals surface area (Å²) in [5, 5.41) is 17.7. The average Bonchev–Trinajstić information content (AvgIpc) is 2.90. The van der Waals surface area contributed by atoms with Crippen LogP contribution in [0.5, 0.6) is 0 Å². The van der Waals surface area contributed by atoms with Crippen molar-refractivity contribution < 1.29 is 9.90 Å². The molecule has 1 aromatic heterocycles. The first-order valence-corrected chi connectivity index (χ1v) is 7.56. The van der Waals surface area contributed by atoms with Crippen LogP contribution in [-0.4, -0.2) is 50.4 Å². The molecule has 0 bridgehead atoms. The quantitative estimate of drug-likeness (QED) is 0.897. The van der Waals surface area contributed by atoms with E-state index in [1.54, 1.807) is 0 Å². The third kappa shape index (κ3) is 2.44. The number of carbonyl (C=O) groups is 1. The predicted octanol–water partition coefficient (Wildman–Crippen LogP) is 1.12. The molecular weight excluding hydrogens is 256 g/mol. The Morgan fingerprint density at radius 1 is 1.25 bits per heavy atom.